The zero-order valence-electron chi connectivity index (χ0n) is 10.0. The molecule has 96 valence electrons. The van der Waals surface area contributed by atoms with Gasteiger partial charge in [-0.1, -0.05) is 16.8 Å². The van der Waals surface area contributed by atoms with Gasteiger partial charge in [0.05, 0.1) is 5.56 Å². The number of hydrogen-bond acceptors (Lipinski definition) is 6. The minimum absolute atomic E-state index is 0.133. The van der Waals surface area contributed by atoms with Gasteiger partial charge in [-0.2, -0.15) is 4.98 Å². The van der Waals surface area contributed by atoms with Crippen LogP contribution in [0, 0.1) is 6.92 Å². The van der Waals surface area contributed by atoms with Gasteiger partial charge in [0.2, 0.25) is 0 Å². The molecule has 0 aliphatic carbocycles. The molecule has 2 N–H and O–H groups in total. The predicted molar refractivity (Wildman–Crippen MR) is 67.4 cm³/mol. The van der Waals surface area contributed by atoms with Gasteiger partial charge >= 0.3 is 0 Å². The fraction of sp³-hybridized carbons (Fsp3) is 0.273. The van der Waals surface area contributed by atoms with E-state index in [0.29, 0.717) is 11.3 Å². The van der Waals surface area contributed by atoms with Crippen molar-refractivity contribution in [2.45, 2.75) is 12.7 Å². The zero-order valence-corrected chi connectivity index (χ0v) is 10.9. The predicted octanol–water partition coefficient (Wildman–Crippen LogP) is 1.17. The van der Waals surface area contributed by atoms with Crippen molar-refractivity contribution in [2.24, 2.45) is 0 Å². The van der Waals surface area contributed by atoms with Crippen molar-refractivity contribution in [3.05, 3.63) is 29.6 Å². The molecule has 1 aromatic carbocycles. The van der Waals surface area contributed by atoms with Gasteiger partial charge in [0.15, 0.2) is 15.7 Å². The summed E-state index contributed by atoms with van der Waals surface area (Å²) in [5, 5.41) is 3.63. The van der Waals surface area contributed by atoms with Gasteiger partial charge in [0.1, 0.15) is 5.75 Å². The topological polar surface area (TPSA) is 99.1 Å². The van der Waals surface area contributed by atoms with Gasteiger partial charge in [0.25, 0.3) is 5.89 Å². The standard InChI is InChI=1S/C11H13N3O3S/c1-7-3-4-9(12)8(5-7)11-13-10(14-17-11)6-18(2,15)16/h3-5H,6,12H2,1-2H3. The van der Waals surface area contributed by atoms with E-state index in [-0.39, 0.29) is 17.5 Å². The first kappa shape index (κ1) is 12.6. The highest BCUT2D eigenvalue weighted by molar-refractivity contribution is 7.89. The molecule has 0 atom stereocenters. The SMILES string of the molecule is Cc1ccc(N)c(-c2nc(CS(C)(=O)=O)no2)c1. The summed E-state index contributed by atoms with van der Waals surface area (Å²) in [7, 11) is -3.18. The number of anilines is 1. The summed E-state index contributed by atoms with van der Waals surface area (Å²) < 4.78 is 27.3. The minimum atomic E-state index is -3.18. The molecule has 0 spiro atoms. The number of rotatable bonds is 3. The fourth-order valence-corrected chi connectivity index (χ4v) is 2.10. The highest BCUT2D eigenvalue weighted by Gasteiger charge is 2.15. The molecular weight excluding hydrogens is 254 g/mol. The summed E-state index contributed by atoms with van der Waals surface area (Å²) >= 11 is 0. The van der Waals surface area contributed by atoms with Crippen molar-refractivity contribution in [2.75, 3.05) is 12.0 Å². The first-order chi connectivity index (χ1) is 8.35. The Morgan fingerprint density at radius 2 is 2.11 bits per heavy atom. The number of aromatic nitrogens is 2. The van der Waals surface area contributed by atoms with E-state index < -0.39 is 9.84 Å². The lowest BCUT2D eigenvalue weighted by Gasteiger charge is -2.01. The summed E-state index contributed by atoms with van der Waals surface area (Å²) in [5.41, 5.74) is 7.94. The second-order valence-electron chi connectivity index (χ2n) is 4.18. The Hall–Kier alpha value is -1.89. The third-order valence-corrected chi connectivity index (χ3v) is 3.08. The van der Waals surface area contributed by atoms with E-state index in [1.807, 2.05) is 19.1 Å². The van der Waals surface area contributed by atoms with Gasteiger partial charge in [-0.05, 0) is 19.1 Å². The molecule has 6 nitrogen and oxygen atoms in total. The van der Waals surface area contributed by atoms with E-state index in [9.17, 15) is 8.42 Å². The molecule has 2 aromatic rings. The van der Waals surface area contributed by atoms with Crippen LogP contribution in [0.1, 0.15) is 11.4 Å². The van der Waals surface area contributed by atoms with Crippen LogP contribution in [0.25, 0.3) is 11.5 Å². The molecule has 0 amide bonds. The number of nitrogen functional groups attached to an aromatic ring is 1. The van der Waals surface area contributed by atoms with Crippen LogP contribution in [0.2, 0.25) is 0 Å². The van der Waals surface area contributed by atoms with Crippen LogP contribution in [0.4, 0.5) is 5.69 Å². The molecule has 0 aliphatic rings. The van der Waals surface area contributed by atoms with Gasteiger partial charge in [-0.15, -0.1) is 0 Å². The van der Waals surface area contributed by atoms with Crippen LogP contribution in [0.15, 0.2) is 22.7 Å². The normalized spacial score (nSPS) is 11.7. The van der Waals surface area contributed by atoms with Gasteiger partial charge < -0.3 is 10.3 Å². The number of benzene rings is 1. The van der Waals surface area contributed by atoms with Crippen LogP contribution in [-0.4, -0.2) is 24.8 Å². The Kier molecular flexibility index (Phi) is 3.08. The Labute approximate surface area is 105 Å². The maximum atomic E-state index is 11.1. The number of hydrogen-bond donors (Lipinski definition) is 1. The molecule has 0 saturated heterocycles. The summed E-state index contributed by atoms with van der Waals surface area (Å²) in [4.78, 5) is 4.03. The quantitative estimate of drug-likeness (QED) is 0.838. The number of aryl methyl sites for hydroxylation is 1. The third kappa shape index (κ3) is 2.86. The Morgan fingerprint density at radius 1 is 1.39 bits per heavy atom. The molecule has 0 bridgehead atoms. The molecule has 2 rings (SSSR count). The van der Waals surface area contributed by atoms with Crippen molar-refractivity contribution in [1.82, 2.24) is 10.1 Å². The van der Waals surface area contributed by atoms with E-state index in [1.54, 1.807) is 6.07 Å². The average molecular weight is 267 g/mol. The molecule has 7 heteroatoms. The fourth-order valence-electron chi connectivity index (χ4n) is 1.51. The van der Waals surface area contributed by atoms with Crippen LogP contribution < -0.4 is 5.73 Å². The lowest BCUT2D eigenvalue weighted by Crippen LogP contribution is -2.02. The molecule has 0 radical (unpaired) electrons. The summed E-state index contributed by atoms with van der Waals surface area (Å²) in [6.07, 6.45) is 1.12. The van der Waals surface area contributed by atoms with E-state index in [4.69, 9.17) is 10.3 Å². The highest BCUT2D eigenvalue weighted by Crippen LogP contribution is 2.25. The molecule has 0 saturated carbocycles. The first-order valence-corrected chi connectivity index (χ1v) is 7.28. The Bertz CT molecular complexity index is 677. The van der Waals surface area contributed by atoms with E-state index in [0.717, 1.165) is 11.8 Å². The van der Waals surface area contributed by atoms with Gasteiger partial charge in [-0.3, -0.25) is 0 Å². The number of nitrogens with zero attached hydrogens (tertiary/aromatic N) is 2. The van der Waals surface area contributed by atoms with Crippen molar-refractivity contribution in [1.29, 1.82) is 0 Å². The second-order valence-corrected chi connectivity index (χ2v) is 6.32. The van der Waals surface area contributed by atoms with Gasteiger partial charge in [0, 0.05) is 11.9 Å². The molecule has 0 aliphatic heterocycles. The average Bonchev–Trinajstić information content (AvgIpc) is 2.67. The van der Waals surface area contributed by atoms with Crippen LogP contribution in [0.5, 0.6) is 0 Å². The van der Waals surface area contributed by atoms with Crippen LogP contribution in [0.3, 0.4) is 0 Å². The minimum Gasteiger partial charge on any atom is -0.398 e. The first-order valence-electron chi connectivity index (χ1n) is 5.22. The second kappa shape index (κ2) is 4.41. The number of sulfone groups is 1. The molecule has 0 unspecified atom stereocenters. The molecule has 0 fully saturated rings. The zero-order chi connectivity index (χ0) is 13.3. The Morgan fingerprint density at radius 3 is 2.78 bits per heavy atom. The van der Waals surface area contributed by atoms with Crippen LogP contribution >= 0.6 is 0 Å². The summed E-state index contributed by atoms with van der Waals surface area (Å²) in [5.74, 6) is 0.116. The maximum Gasteiger partial charge on any atom is 0.260 e. The van der Waals surface area contributed by atoms with Crippen molar-refractivity contribution < 1.29 is 12.9 Å². The molecule has 1 heterocycles. The third-order valence-electron chi connectivity index (χ3n) is 2.30. The Balaban J connectivity index is 2.38. The summed E-state index contributed by atoms with van der Waals surface area (Å²) in [6.45, 7) is 1.91. The highest BCUT2D eigenvalue weighted by atomic mass is 32.2. The van der Waals surface area contributed by atoms with Crippen LogP contribution in [-0.2, 0) is 15.6 Å². The van der Waals surface area contributed by atoms with Crippen molar-refractivity contribution in [3.8, 4) is 11.5 Å². The van der Waals surface area contributed by atoms with E-state index in [2.05, 4.69) is 10.1 Å². The smallest absolute Gasteiger partial charge is 0.260 e. The van der Waals surface area contributed by atoms with E-state index in [1.165, 1.54) is 0 Å². The molecular formula is C11H13N3O3S. The number of nitrogens with two attached hydrogens (primary N) is 1. The lowest BCUT2D eigenvalue weighted by atomic mass is 10.1. The molecule has 1 aromatic heterocycles. The van der Waals surface area contributed by atoms with Gasteiger partial charge in [-0.25, -0.2) is 8.42 Å². The maximum absolute atomic E-state index is 11.1. The van der Waals surface area contributed by atoms with Crippen molar-refractivity contribution in [3.63, 3.8) is 0 Å². The van der Waals surface area contributed by atoms with Crippen molar-refractivity contribution >= 4 is 15.5 Å². The largest absolute Gasteiger partial charge is 0.398 e. The summed E-state index contributed by atoms with van der Waals surface area (Å²) in [6, 6.07) is 5.42. The molecule has 18 heavy (non-hydrogen) atoms. The van der Waals surface area contributed by atoms with E-state index >= 15 is 0 Å². The lowest BCUT2D eigenvalue weighted by molar-refractivity contribution is 0.424. The monoisotopic (exact) mass is 267 g/mol.